The van der Waals surface area contributed by atoms with E-state index in [1.165, 1.54) is 0 Å². The van der Waals surface area contributed by atoms with Gasteiger partial charge in [-0.25, -0.2) is 4.79 Å². The third kappa shape index (κ3) is 3.00. The SMILES string of the molecule is Cc1occc1CN(C)Cc1cccc(N)c1C(=O)O. The summed E-state index contributed by atoms with van der Waals surface area (Å²) in [5.41, 5.74) is 8.02. The molecule has 0 spiro atoms. The number of rotatable bonds is 5. The molecule has 0 atom stereocenters. The van der Waals surface area contributed by atoms with Gasteiger partial charge in [0.1, 0.15) is 5.76 Å². The van der Waals surface area contributed by atoms with E-state index >= 15 is 0 Å². The fraction of sp³-hybridized carbons (Fsp3) is 0.267. The molecule has 0 radical (unpaired) electrons. The van der Waals surface area contributed by atoms with E-state index in [0.717, 1.165) is 11.3 Å². The average Bonchev–Trinajstić information content (AvgIpc) is 2.74. The molecule has 0 bridgehead atoms. The summed E-state index contributed by atoms with van der Waals surface area (Å²) in [5, 5.41) is 9.25. The van der Waals surface area contributed by atoms with Crippen LogP contribution in [-0.2, 0) is 13.1 Å². The maximum Gasteiger partial charge on any atom is 0.338 e. The Balaban J connectivity index is 2.16. The predicted octanol–water partition coefficient (Wildman–Crippen LogP) is 2.50. The molecule has 0 saturated heterocycles. The van der Waals surface area contributed by atoms with Crippen LogP contribution in [0.4, 0.5) is 5.69 Å². The highest BCUT2D eigenvalue weighted by molar-refractivity contribution is 5.95. The molecule has 2 aromatic rings. The fourth-order valence-corrected chi connectivity index (χ4v) is 2.23. The fourth-order valence-electron chi connectivity index (χ4n) is 2.23. The first kappa shape index (κ1) is 14.1. The summed E-state index contributed by atoms with van der Waals surface area (Å²) < 4.78 is 5.26. The highest BCUT2D eigenvalue weighted by Gasteiger charge is 2.15. The molecule has 0 saturated carbocycles. The van der Waals surface area contributed by atoms with Crippen molar-refractivity contribution in [3.63, 3.8) is 0 Å². The third-order valence-corrected chi connectivity index (χ3v) is 3.24. The van der Waals surface area contributed by atoms with Crippen LogP contribution in [-0.4, -0.2) is 23.0 Å². The molecule has 0 amide bonds. The van der Waals surface area contributed by atoms with Crippen LogP contribution in [0.3, 0.4) is 0 Å². The van der Waals surface area contributed by atoms with Crippen LogP contribution in [0.15, 0.2) is 34.9 Å². The van der Waals surface area contributed by atoms with Gasteiger partial charge in [0, 0.05) is 24.3 Å². The second-order valence-electron chi connectivity index (χ2n) is 4.86. The van der Waals surface area contributed by atoms with Crippen molar-refractivity contribution in [3.8, 4) is 0 Å². The van der Waals surface area contributed by atoms with E-state index in [9.17, 15) is 9.90 Å². The first-order valence-electron chi connectivity index (χ1n) is 6.31. The van der Waals surface area contributed by atoms with Gasteiger partial charge in [0.15, 0.2) is 0 Å². The summed E-state index contributed by atoms with van der Waals surface area (Å²) in [6, 6.07) is 7.09. The molecular weight excluding hydrogens is 256 g/mol. The third-order valence-electron chi connectivity index (χ3n) is 3.24. The Labute approximate surface area is 117 Å². The van der Waals surface area contributed by atoms with Crippen molar-refractivity contribution in [3.05, 3.63) is 53.0 Å². The number of furan rings is 1. The molecule has 3 N–H and O–H groups in total. The number of carboxylic acids is 1. The number of aromatic carboxylic acids is 1. The Kier molecular flexibility index (Phi) is 4.10. The molecule has 0 unspecified atom stereocenters. The van der Waals surface area contributed by atoms with Crippen molar-refractivity contribution in [1.29, 1.82) is 0 Å². The van der Waals surface area contributed by atoms with Crippen molar-refractivity contribution >= 4 is 11.7 Å². The Morgan fingerprint density at radius 3 is 2.60 bits per heavy atom. The Hall–Kier alpha value is -2.27. The number of carboxylic acid groups (broad SMARTS) is 1. The Bertz CT molecular complexity index is 619. The van der Waals surface area contributed by atoms with E-state index in [1.807, 2.05) is 24.9 Å². The van der Waals surface area contributed by atoms with E-state index in [4.69, 9.17) is 10.2 Å². The summed E-state index contributed by atoms with van der Waals surface area (Å²) in [7, 11) is 1.93. The van der Waals surface area contributed by atoms with E-state index < -0.39 is 5.97 Å². The number of hydrogen-bond donors (Lipinski definition) is 2. The molecule has 1 aromatic heterocycles. The summed E-state index contributed by atoms with van der Waals surface area (Å²) in [5.74, 6) is -0.117. The second-order valence-corrected chi connectivity index (χ2v) is 4.86. The minimum absolute atomic E-state index is 0.184. The zero-order valence-corrected chi connectivity index (χ0v) is 11.6. The number of benzene rings is 1. The van der Waals surface area contributed by atoms with Gasteiger partial charge < -0.3 is 15.3 Å². The lowest BCUT2D eigenvalue weighted by Gasteiger charge is -2.18. The zero-order chi connectivity index (χ0) is 14.7. The Morgan fingerprint density at radius 1 is 1.30 bits per heavy atom. The van der Waals surface area contributed by atoms with Crippen molar-refractivity contribution in [2.45, 2.75) is 20.0 Å². The van der Waals surface area contributed by atoms with E-state index in [2.05, 4.69) is 0 Å². The molecule has 1 aromatic carbocycles. The first-order valence-corrected chi connectivity index (χ1v) is 6.31. The standard InChI is InChI=1S/C15H18N2O3/c1-10-11(6-7-20-10)8-17(2)9-12-4-3-5-13(16)14(12)15(18)19/h3-7H,8-9,16H2,1-2H3,(H,18,19). The molecule has 5 nitrogen and oxygen atoms in total. The van der Waals surface area contributed by atoms with Gasteiger partial charge in [-0.3, -0.25) is 4.90 Å². The molecular formula is C15H18N2O3. The number of aryl methyl sites for hydroxylation is 1. The van der Waals surface area contributed by atoms with Crippen molar-refractivity contribution in [1.82, 2.24) is 4.90 Å². The molecule has 0 aliphatic carbocycles. The van der Waals surface area contributed by atoms with Gasteiger partial charge in [-0.15, -0.1) is 0 Å². The lowest BCUT2D eigenvalue weighted by atomic mass is 10.0. The average molecular weight is 274 g/mol. The molecule has 1 heterocycles. The van der Waals surface area contributed by atoms with Gasteiger partial charge in [-0.1, -0.05) is 12.1 Å². The number of carbonyl (C=O) groups is 1. The smallest absolute Gasteiger partial charge is 0.338 e. The zero-order valence-electron chi connectivity index (χ0n) is 11.6. The number of nitrogens with two attached hydrogens (primary N) is 1. The van der Waals surface area contributed by atoms with Crippen LogP contribution in [0, 0.1) is 6.92 Å². The van der Waals surface area contributed by atoms with E-state index in [0.29, 0.717) is 24.3 Å². The molecule has 0 fully saturated rings. The monoisotopic (exact) mass is 274 g/mol. The Morgan fingerprint density at radius 2 is 2.00 bits per heavy atom. The van der Waals surface area contributed by atoms with Gasteiger partial charge >= 0.3 is 5.97 Å². The molecule has 20 heavy (non-hydrogen) atoms. The van der Waals surface area contributed by atoms with Gasteiger partial charge in [-0.2, -0.15) is 0 Å². The lowest BCUT2D eigenvalue weighted by molar-refractivity contribution is 0.0696. The van der Waals surface area contributed by atoms with Gasteiger partial charge in [0.2, 0.25) is 0 Å². The minimum atomic E-state index is -0.994. The van der Waals surface area contributed by atoms with Gasteiger partial charge in [-0.05, 0) is 31.7 Å². The maximum atomic E-state index is 11.3. The molecule has 0 aliphatic heterocycles. The van der Waals surface area contributed by atoms with E-state index in [-0.39, 0.29) is 5.56 Å². The van der Waals surface area contributed by atoms with Crippen LogP contribution in [0.25, 0.3) is 0 Å². The van der Waals surface area contributed by atoms with Crippen molar-refractivity contribution in [2.75, 3.05) is 12.8 Å². The van der Waals surface area contributed by atoms with Crippen LogP contribution in [0.1, 0.15) is 27.2 Å². The number of nitrogens with zero attached hydrogens (tertiary/aromatic N) is 1. The minimum Gasteiger partial charge on any atom is -0.478 e. The molecule has 2 rings (SSSR count). The van der Waals surface area contributed by atoms with Crippen LogP contribution < -0.4 is 5.73 Å². The number of hydrogen-bond acceptors (Lipinski definition) is 4. The molecule has 106 valence electrons. The summed E-state index contributed by atoms with van der Waals surface area (Å²) in [4.78, 5) is 13.3. The predicted molar refractivity (Wildman–Crippen MR) is 76.4 cm³/mol. The molecule has 5 heteroatoms. The first-order chi connectivity index (χ1) is 9.49. The normalized spacial score (nSPS) is 10.9. The van der Waals surface area contributed by atoms with Gasteiger partial charge in [0.25, 0.3) is 0 Å². The topological polar surface area (TPSA) is 79.7 Å². The number of anilines is 1. The highest BCUT2D eigenvalue weighted by atomic mass is 16.4. The van der Waals surface area contributed by atoms with E-state index in [1.54, 1.807) is 24.5 Å². The number of nitrogen functional groups attached to an aromatic ring is 1. The quantitative estimate of drug-likeness (QED) is 0.819. The van der Waals surface area contributed by atoms with Crippen molar-refractivity contribution < 1.29 is 14.3 Å². The second kappa shape index (κ2) is 5.79. The highest BCUT2D eigenvalue weighted by Crippen LogP contribution is 2.20. The van der Waals surface area contributed by atoms with Crippen LogP contribution in [0.5, 0.6) is 0 Å². The summed E-state index contributed by atoms with van der Waals surface area (Å²) >= 11 is 0. The van der Waals surface area contributed by atoms with Crippen LogP contribution >= 0.6 is 0 Å². The van der Waals surface area contributed by atoms with Crippen LogP contribution in [0.2, 0.25) is 0 Å². The summed E-state index contributed by atoms with van der Waals surface area (Å²) in [6.45, 7) is 3.11. The summed E-state index contributed by atoms with van der Waals surface area (Å²) in [6.07, 6.45) is 1.65. The largest absolute Gasteiger partial charge is 0.478 e. The molecule has 0 aliphatic rings. The maximum absolute atomic E-state index is 11.3. The van der Waals surface area contributed by atoms with Gasteiger partial charge in [0.05, 0.1) is 11.8 Å². The lowest BCUT2D eigenvalue weighted by Crippen LogP contribution is -2.20. The van der Waals surface area contributed by atoms with Crippen molar-refractivity contribution in [2.24, 2.45) is 0 Å².